The number of aromatic nitrogens is 3. The van der Waals surface area contributed by atoms with Crippen molar-refractivity contribution < 1.29 is 19.4 Å². The molecule has 0 aromatic carbocycles. The largest absolute Gasteiger partial charge is 0.479 e. The smallest absolute Gasteiger partial charge is 0.334 e. The Bertz CT molecular complexity index is 391. The monoisotopic (exact) mass is 226 g/mol. The first-order valence-electron chi connectivity index (χ1n) is 4.68. The van der Waals surface area contributed by atoms with Crippen LogP contribution in [0.5, 0.6) is 0 Å². The van der Waals surface area contributed by atoms with Gasteiger partial charge in [-0.25, -0.2) is 4.79 Å². The van der Waals surface area contributed by atoms with Crippen LogP contribution < -0.4 is 0 Å². The molecule has 2 heterocycles. The van der Waals surface area contributed by atoms with Crippen molar-refractivity contribution in [3.05, 3.63) is 11.9 Å². The van der Waals surface area contributed by atoms with Gasteiger partial charge >= 0.3 is 5.97 Å². The van der Waals surface area contributed by atoms with E-state index in [4.69, 9.17) is 9.84 Å². The fourth-order valence-corrected chi connectivity index (χ4v) is 1.45. The van der Waals surface area contributed by atoms with Crippen LogP contribution >= 0.6 is 0 Å². The van der Waals surface area contributed by atoms with Crippen molar-refractivity contribution in [3.8, 4) is 0 Å². The van der Waals surface area contributed by atoms with Crippen LogP contribution in [-0.2, 0) is 9.53 Å². The van der Waals surface area contributed by atoms with Crippen LogP contribution in [0, 0.1) is 0 Å². The molecule has 0 bridgehead atoms. The second-order valence-electron chi connectivity index (χ2n) is 3.30. The van der Waals surface area contributed by atoms with E-state index < -0.39 is 12.1 Å². The average Bonchev–Trinajstić information content (AvgIpc) is 2.81. The number of nitrogens with zero attached hydrogens (tertiary/aromatic N) is 3. The van der Waals surface area contributed by atoms with E-state index in [-0.39, 0.29) is 24.8 Å². The number of aliphatic carboxylic acids is 1. The summed E-state index contributed by atoms with van der Waals surface area (Å²) in [5.41, 5.74) is 0.172. The maximum atomic E-state index is 11.8. The van der Waals surface area contributed by atoms with Gasteiger partial charge in [-0.1, -0.05) is 0 Å². The lowest BCUT2D eigenvalue weighted by Gasteiger charge is -2.30. The van der Waals surface area contributed by atoms with Crippen molar-refractivity contribution in [1.29, 1.82) is 0 Å². The molecule has 2 N–H and O–H groups in total. The van der Waals surface area contributed by atoms with Crippen LogP contribution in [0.15, 0.2) is 6.20 Å². The van der Waals surface area contributed by atoms with Gasteiger partial charge in [0.2, 0.25) is 0 Å². The molecule has 1 fully saturated rings. The summed E-state index contributed by atoms with van der Waals surface area (Å²) in [7, 11) is 0. The summed E-state index contributed by atoms with van der Waals surface area (Å²) < 4.78 is 5.00. The number of H-pyrrole nitrogens is 1. The van der Waals surface area contributed by atoms with Crippen LogP contribution in [-0.4, -0.2) is 63.1 Å². The zero-order valence-electron chi connectivity index (χ0n) is 8.29. The summed E-state index contributed by atoms with van der Waals surface area (Å²) in [5.74, 6) is -1.42. The van der Waals surface area contributed by atoms with Gasteiger partial charge in [0.1, 0.15) is 0 Å². The van der Waals surface area contributed by atoms with Gasteiger partial charge in [-0.2, -0.15) is 15.4 Å². The van der Waals surface area contributed by atoms with E-state index in [2.05, 4.69) is 15.4 Å². The first-order valence-corrected chi connectivity index (χ1v) is 4.68. The van der Waals surface area contributed by atoms with Crippen molar-refractivity contribution in [3.63, 3.8) is 0 Å². The Kier molecular flexibility index (Phi) is 2.82. The summed E-state index contributed by atoms with van der Waals surface area (Å²) in [6.07, 6.45) is 0.331. The fraction of sp³-hybridized carbons (Fsp3) is 0.500. The number of ether oxygens (including phenoxy) is 1. The number of hydrogen-bond acceptors (Lipinski definition) is 5. The molecule has 1 atom stereocenters. The topological polar surface area (TPSA) is 108 Å². The zero-order chi connectivity index (χ0) is 11.5. The highest BCUT2D eigenvalue weighted by atomic mass is 16.5. The van der Waals surface area contributed by atoms with E-state index in [1.807, 2.05) is 0 Å². The molecule has 1 aromatic rings. The van der Waals surface area contributed by atoms with Crippen LogP contribution in [0.1, 0.15) is 10.5 Å². The Labute approximate surface area is 90.2 Å². The third-order valence-electron chi connectivity index (χ3n) is 2.26. The molecular weight excluding hydrogens is 216 g/mol. The third kappa shape index (κ3) is 2.01. The van der Waals surface area contributed by atoms with E-state index in [9.17, 15) is 9.59 Å². The number of amides is 1. The van der Waals surface area contributed by atoms with E-state index in [1.165, 1.54) is 11.1 Å². The first-order chi connectivity index (χ1) is 7.68. The van der Waals surface area contributed by atoms with Gasteiger partial charge in [0.25, 0.3) is 5.91 Å². The van der Waals surface area contributed by atoms with Gasteiger partial charge in [-0.05, 0) is 0 Å². The number of nitrogens with one attached hydrogen (secondary N) is 1. The maximum Gasteiger partial charge on any atom is 0.334 e. The van der Waals surface area contributed by atoms with Gasteiger partial charge in [0.15, 0.2) is 11.8 Å². The van der Waals surface area contributed by atoms with Gasteiger partial charge in [0, 0.05) is 6.54 Å². The zero-order valence-corrected chi connectivity index (χ0v) is 8.29. The summed E-state index contributed by atoms with van der Waals surface area (Å²) in [5, 5.41) is 18.3. The van der Waals surface area contributed by atoms with Gasteiger partial charge in [0.05, 0.1) is 19.3 Å². The Balaban J connectivity index is 2.05. The lowest BCUT2D eigenvalue weighted by atomic mass is 10.2. The number of rotatable bonds is 2. The Hall–Kier alpha value is -1.96. The van der Waals surface area contributed by atoms with Crippen molar-refractivity contribution in [2.24, 2.45) is 0 Å². The highest BCUT2D eigenvalue weighted by molar-refractivity contribution is 5.92. The summed E-state index contributed by atoms with van der Waals surface area (Å²) in [4.78, 5) is 23.9. The lowest BCUT2D eigenvalue weighted by Crippen LogP contribution is -2.48. The predicted molar refractivity (Wildman–Crippen MR) is 49.7 cm³/mol. The van der Waals surface area contributed by atoms with Crippen LogP contribution in [0.3, 0.4) is 0 Å². The second-order valence-corrected chi connectivity index (χ2v) is 3.30. The number of carbonyl (C=O) groups is 2. The molecule has 1 saturated heterocycles. The van der Waals surface area contributed by atoms with Crippen LogP contribution in [0.2, 0.25) is 0 Å². The minimum atomic E-state index is -1.07. The molecule has 1 aliphatic rings. The molecule has 1 aromatic heterocycles. The number of carboxylic acids is 1. The van der Waals surface area contributed by atoms with Gasteiger partial charge in [-0.15, -0.1) is 0 Å². The first kappa shape index (κ1) is 10.6. The number of carboxylic acid groups (broad SMARTS) is 1. The Morgan fingerprint density at radius 2 is 2.44 bits per heavy atom. The molecule has 8 heteroatoms. The van der Waals surface area contributed by atoms with Crippen molar-refractivity contribution in [2.75, 3.05) is 19.7 Å². The quantitative estimate of drug-likeness (QED) is 0.650. The lowest BCUT2D eigenvalue weighted by molar-refractivity contribution is -0.154. The van der Waals surface area contributed by atoms with E-state index in [0.29, 0.717) is 6.54 Å². The van der Waals surface area contributed by atoms with Crippen LogP contribution in [0.4, 0.5) is 0 Å². The minimum Gasteiger partial charge on any atom is -0.479 e. The SMILES string of the molecule is O=C(O)C1CN(C(=O)c2cn[nH]n2)CCO1. The van der Waals surface area contributed by atoms with Crippen molar-refractivity contribution in [1.82, 2.24) is 20.3 Å². The number of aromatic amines is 1. The molecule has 1 amide bonds. The Morgan fingerprint density at radius 3 is 3.06 bits per heavy atom. The number of morpholine rings is 1. The third-order valence-corrected chi connectivity index (χ3v) is 2.26. The molecule has 1 unspecified atom stereocenters. The summed E-state index contributed by atoms with van der Waals surface area (Å²) >= 11 is 0. The molecule has 0 radical (unpaired) electrons. The molecule has 86 valence electrons. The van der Waals surface area contributed by atoms with Gasteiger partial charge < -0.3 is 14.7 Å². The van der Waals surface area contributed by atoms with Gasteiger partial charge in [-0.3, -0.25) is 4.79 Å². The van der Waals surface area contributed by atoms with E-state index in [0.717, 1.165) is 0 Å². The fourth-order valence-electron chi connectivity index (χ4n) is 1.45. The second kappa shape index (κ2) is 4.27. The molecule has 0 saturated carbocycles. The molecule has 1 aliphatic heterocycles. The van der Waals surface area contributed by atoms with Crippen molar-refractivity contribution >= 4 is 11.9 Å². The van der Waals surface area contributed by atoms with Crippen molar-refractivity contribution in [2.45, 2.75) is 6.10 Å². The molecule has 0 aliphatic carbocycles. The highest BCUT2D eigenvalue weighted by Crippen LogP contribution is 2.08. The summed E-state index contributed by atoms with van der Waals surface area (Å²) in [6.45, 7) is 0.594. The minimum absolute atomic E-state index is 0.0288. The molecule has 2 rings (SSSR count). The highest BCUT2D eigenvalue weighted by Gasteiger charge is 2.30. The normalized spacial score (nSPS) is 20.8. The predicted octanol–water partition coefficient (Wildman–Crippen LogP) is -1.27. The van der Waals surface area contributed by atoms with E-state index >= 15 is 0 Å². The van der Waals surface area contributed by atoms with E-state index in [1.54, 1.807) is 0 Å². The standard InChI is InChI=1S/C8H10N4O4/c13-7(5-3-9-11-10-5)12-1-2-16-6(4-12)8(14)15/h3,6H,1-2,4H2,(H,14,15)(H,9,10,11). The van der Waals surface area contributed by atoms with Crippen LogP contribution in [0.25, 0.3) is 0 Å². The maximum absolute atomic E-state index is 11.8. The average molecular weight is 226 g/mol. The Morgan fingerprint density at radius 1 is 1.62 bits per heavy atom. The molecule has 16 heavy (non-hydrogen) atoms. The summed E-state index contributed by atoms with van der Waals surface area (Å²) in [6, 6.07) is 0. The number of hydrogen-bond donors (Lipinski definition) is 2. The number of carbonyl (C=O) groups excluding carboxylic acids is 1. The molecule has 8 nitrogen and oxygen atoms in total. The molecular formula is C8H10N4O4. The molecule has 0 spiro atoms.